The van der Waals surface area contributed by atoms with Crippen LogP contribution in [0.2, 0.25) is 0 Å². The third-order valence-electron chi connectivity index (χ3n) is 2.88. The quantitative estimate of drug-likeness (QED) is 0.851. The molecule has 2 N–H and O–H groups in total. The van der Waals surface area contributed by atoms with Crippen molar-refractivity contribution in [3.8, 4) is 0 Å². The number of hydrogen-bond donors (Lipinski definition) is 1. The SMILES string of the molecule is CN(Cc1ccccn1)C(CN)CC(C)(C)C. The van der Waals surface area contributed by atoms with Crippen LogP contribution < -0.4 is 5.73 Å². The van der Waals surface area contributed by atoms with Crippen molar-refractivity contribution in [3.63, 3.8) is 0 Å². The van der Waals surface area contributed by atoms with Crippen molar-refractivity contribution in [3.05, 3.63) is 30.1 Å². The van der Waals surface area contributed by atoms with Crippen LogP contribution in [0.3, 0.4) is 0 Å². The van der Waals surface area contributed by atoms with Crippen molar-refractivity contribution >= 4 is 0 Å². The van der Waals surface area contributed by atoms with E-state index in [4.69, 9.17) is 5.73 Å². The first kappa shape index (κ1) is 14.1. The van der Waals surface area contributed by atoms with Crippen LogP contribution in [-0.2, 0) is 6.54 Å². The average Bonchev–Trinajstić information content (AvgIpc) is 2.26. The highest BCUT2D eigenvalue weighted by Gasteiger charge is 2.21. The lowest BCUT2D eigenvalue weighted by Crippen LogP contribution is -2.40. The number of nitrogens with zero attached hydrogens (tertiary/aromatic N) is 2. The summed E-state index contributed by atoms with van der Waals surface area (Å²) in [5.41, 5.74) is 7.28. The molecule has 0 aliphatic rings. The molecule has 0 aliphatic carbocycles. The third-order valence-corrected chi connectivity index (χ3v) is 2.88. The lowest BCUT2D eigenvalue weighted by Gasteiger charge is -2.32. The Kier molecular flexibility index (Phi) is 5.09. The van der Waals surface area contributed by atoms with Crippen molar-refractivity contribution in [2.75, 3.05) is 13.6 Å². The summed E-state index contributed by atoms with van der Waals surface area (Å²) < 4.78 is 0. The van der Waals surface area contributed by atoms with Crippen molar-refractivity contribution in [2.45, 2.75) is 39.8 Å². The number of nitrogens with two attached hydrogens (primary N) is 1. The number of likely N-dealkylation sites (N-methyl/N-ethyl adjacent to an activating group) is 1. The maximum Gasteiger partial charge on any atom is 0.0543 e. The van der Waals surface area contributed by atoms with Gasteiger partial charge in [0.25, 0.3) is 0 Å². The van der Waals surface area contributed by atoms with Crippen LogP contribution in [0.1, 0.15) is 32.9 Å². The summed E-state index contributed by atoms with van der Waals surface area (Å²) in [4.78, 5) is 6.65. The Hall–Kier alpha value is -0.930. The van der Waals surface area contributed by atoms with Crippen LogP contribution in [0.25, 0.3) is 0 Å². The Balaban J connectivity index is 2.58. The molecule has 1 aromatic rings. The molecular weight excluding hydrogens is 210 g/mol. The van der Waals surface area contributed by atoms with E-state index in [1.807, 2.05) is 18.3 Å². The zero-order chi connectivity index (χ0) is 12.9. The number of pyridine rings is 1. The summed E-state index contributed by atoms with van der Waals surface area (Å²) >= 11 is 0. The predicted molar refractivity (Wildman–Crippen MR) is 72.6 cm³/mol. The van der Waals surface area contributed by atoms with Gasteiger partial charge < -0.3 is 5.73 Å². The minimum atomic E-state index is 0.308. The highest BCUT2D eigenvalue weighted by molar-refractivity contribution is 5.03. The topological polar surface area (TPSA) is 42.2 Å². The molecule has 3 heteroatoms. The molecule has 1 heterocycles. The van der Waals surface area contributed by atoms with Crippen LogP contribution in [0.15, 0.2) is 24.4 Å². The van der Waals surface area contributed by atoms with Crippen molar-refractivity contribution in [1.29, 1.82) is 0 Å². The number of aromatic nitrogens is 1. The molecule has 0 aromatic carbocycles. The molecule has 0 saturated heterocycles. The molecular formula is C14H25N3. The van der Waals surface area contributed by atoms with Gasteiger partial charge in [-0.15, -0.1) is 0 Å². The van der Waals surface area contributed by atoms with Crippen LogP contribution in [-0.4, -0.2) is 29.5 Å². The number of hydrogen-bond acceptors (Lipinski definition) is 3. The van der Waals surface area contributed by atoms with E-state index in [9.17, 15) is 0 Å². The fraction of sp³-hybridized carbons (Fsp3) is 0.643. The summed E-state index contributed by atoms with van der Waals surface area (Å²) in [5.74, 6) is 0. The highest BCUT2D eigenvalue weighted by Crippen LogP contribution is 2.23. The predicted octanol–water partition coefficient (Wildman–Crippen LogP) is 2.28. The molecule has 3 nitrogen and oxygen atoms in total. The molecule has 0 amide bonds. The van der Waals surface area contributed by atoms with Gasteiger partial charge in [-0.25, -0.2) is 0 Å². The monoisotopic (exact) mass is 235 g/mol. The highest BCUT2D eigenvalue weighted by atomic mass is 15.1. The lowest BCUT2D eigenvalue weighted by atomic mass is 9.87. The number of rotatable bonds is 5. The first-order valence-electron chi connectivity index (χ1n) is 6.22. The molecule has 0 radical (unpaired) electrons. The second-order valence-electron chi connectivity index (χ2n) is 5.89. The van der Waals surface area contributed by atoms with E-state index >= 15 is 0 Å². The van der Waals surface area contributed by atoms with Gasteiger partial charge in [-0.1, -0.05) is 26.8 Å². The molecule has 96 valence electrons. The zero-order valence-corrected chi connectivity index (χ0v) is 11.5. The summed E-state index contributed by atoms with van der Waals surface area (Å²) in [6, 6.07) is 6.44. The van der Waals surface area contributed by atoms with Crippen LogP contribution in [0.4, 0.5) is 0 Å². The van der Waals surface area contributed by atoms with Gasteiger partial charge in [0.1, 0.15) is 0 Å². The van der Waals surface area contributed by atoms with Gasteiger partial charge in [-0.3, -0.25) is 9.88 Å². The summed E-state index contributed by atoms with van der Waals surface area (Å²) in [6.45, 7) is 8.32. The fourth-order valence-electron chi connectivity index (χ4n) is 2.00. The molecule has 0 aliphatic heterocycles. The summed E-state index contributed by atoms with van der Waals surface area (Å²) in [6.07, 6.45) is 2.94. The van der Waals surface area contributed by atoms with E-state index in [-0.39, 0.29) is 0 Å². The second kappa shape index (κ2) is 6.12. The molecule has 1 atom stereocenters. The van der Waals surface area contributed by atoms with Gasteiger partial charge in [0.15, 0.2) is 0 Å². The Morgan fingerprint density at radius 1 is 1.35 bits per heavy atom. The molecule has 17 heavy (non-hydrogen) atoms. The van der Waals surface area contributed by atoms with E-state index in [1.54, 1.807) is 0 Å². The second-order valence-corrected chi connectivity index (χ2v) is 5.89. The Labute approximate surface area is 105 Å². The van der Waals surface area contributed by atoms with Gasteiger partial charge >= 0.3 is 0 Å². The van der Waals surface area contributed by atoms with E-state index in [2.05, 4.69) is 43.8 Å². The summed E-state index contributed by atoms with van der Waals surface area (Å²) in [7, 11) is 2.12. The standard InChI is InChI=1S/C14H25N3/c1-14(2,3)9-13(10-15)17(4)11-12-7-5-6-8-16-12/h5-8,13H,9-11,15H2,1-4H3. The van der Waals surface area contributed by atoms with Crippen molar-refractivity contribution < 1.29 is 0 Å². The van der Waals surface area contributed by atoms with Crippen molar-refractivity contribution in [1.82, 2.24) is 9.88 Å². The summed E-state index contributed by atoms with van der Waals surface area (Å²) in [5, 5.41) is 0. The first-order valence-corrected chi connectivity index (χ1v) is 6.22. The molecule has 0 saturated carbocycles. The third kappa shape index (κ3) is 5.29. The average molecular weight is 235 g/mol. The van der Waals surface area contributed by atoms with Crippen LogP contribution in [0.5, 0.6) is 0 Å². The molecule has 1 unspecified atom stereocenters. The minimum Gasteiger partial charge on any atom is -0.329 e. The molecule has 0 spiro atoms. The largest absolute Gasteiger partial charge is 0.329 e. The molecule has 1 aromatic heterocycles. The maximum absolute atomic E-state index is 5.87. The van der Waals surface area contributed by atoms with Gasteiger partial charge in [0.05, 0.1) is 5.69 Å². The Morgan fingerprint density at radius 3 is 2.53 bits per heavy atom. The van der Waals surface area contributed by atoms with E-state index in [0.717, 1.165) is 18.7 Å². The van der Waals surface area contributed by atoms with Crippen molar-refractivity contribution in [2.24, 2.45) is 11.1 Å². The normalized spacial score (nSPS) is 14.0. The molecule has 1 rings (SSSR count). The van der Waals surface area contributed by atoms with E-state index in [0.29, 0.717) is 18.0 Å². The Morgan fingerprint density at radius 2 is 2.06 bits per heavy atom. The van der Waals surface area contributed by atoms with Crippen LogP contribution in [0, 0.1) is 5.41 Å². The maximum atomic E-state index is 5.87. The Bertz CT molecular complexity index is 316. The fourth-order valence-corrected chi connectivity index (χ4v) is 2.00. The van der Waals surface area contributed by atoms with Gasteiger partial charge in [0, 0.05) is 25.3 Å². The zero-order valence-electron chi connectivity index (χ0n) is 11.5. The van der Waals surface area contributed by atoms with Crippen LogP contribution >= 0.6 is 0 Å². The van der Waals surface area contributed by atoms with E-state index < -0.39 is 0 Å². The smallest absolute Gasteiger partial charge is 0.0543 e. The lowest BCUT2D eigenvalue weighted by molar-refractivity contribution is 0.176. The molecule has 0 bridgehead atoms. The van der Waals surface area contributed by atoms with E-state index in [1.165, 1.54) is 0 Å². The first-order chi connectivity index (χ1) is 7.92. The molecule has 0 fully saturated rings. The minimum absolute atomic E-state index is 0.308. The van der Waals surface area contributed by atoms with Gasteiger partial charge in [-0.2, -0.15) is 0 Å². The van der Waals surface area contributed by atoms with Gasteiger partial charge in [-0.05, 0) is 31.0 Å². The van der Waals surface area contributed by atoms with Gasteiger partial charge in [0.2, 0.25) is 0 Å².